The third-order valence-corrected chi connectivity index (χ3v) is 1.48. The lowest BCUT2D eigenvalue weighted by molar-refractivity contribution is 0.465. The van der Waals surface area contributed by atoms with Crippen LogP contribution >= 0.6 is 22.6 Å². The number of rotatable bonds is 0. The van der Waals surface area contributed by atoms with Gasteiger partial charge in [0.1, 0.15) is 10.0 Å². The Morgan fingerprint density at radius 3 is 2.75 bits per heavy atom. The highest BCUT2D eigenvalue weighted by Crippen LogP contribution is 2.11. The van der Waals surface area contributed by atoms with Crippen LogP contribution in [0, 0.1) is 3.70 Å². The van der Waals surface area contributed by atoms with Crippen molar-refractivity contribution < 1.29 is 5.11 Å². The van der Waals surface area contributed by atoms with E-state index in [0.29, 0.717) is 3.70 Å². The first kappa shape index (κ1) is 5.74. The van der Waals surface area contributed by atoms with Gasteiger partial charge >= 0.3 is 0 Å². The summed E-state index contributed by atoms with van der Waals surface area (Å²) < 4.78 is 0.581. The quantitative estimate of drug-likeness (QED) is 0.521. The summed E-state index contributed by atoms with van der Waals surface area (Å²) in [5.74, 6) is 0.133. The number of aromatic nitrogens is 2. The maximum Gasteiger partial charge on any atom is 0.166 e. The van der Waals surface area contributed by atoms with Gasteiger partial charge in [-0.25, -0.2) is 9.97 Å². The molecule has 0 aliphatic heterocycles. The summed E-state index contributed by atoms with van der Waals surface area (Å²) in [7, 11) is 0. The number of hydrogen-bond donors (Lipinski definition) is 1. The maximum atomic E-state index is 8.79. The van der Waals surface area contributed by atoms with E-state index in [1.807, 2.05) is 22.6 Å². The zero-order valence-corrected chi connectivity index (χ0v) is 6.03. The van der Waals surface area contributed by atoms with Crippen LogP contribution in [-0.2, 0) is 0 Å². The van der Waals surface area contributed by atoms with Crippen molar-refractivity contribution in [3.63, 3.8) is 0 Å². The zero-order valence-electron chi connectivity index (χ0n) is 3.87. The minimum absolute atomic E-state index is 0.133. The van der Waals surface area contributed by atoms with Gasteiger partial charge in [0.15, 0.2) is 5.75 Å². The molecular formula is C4H3IN2O. The minimum Gasteiger partial charge on any atom is -0.504 e. The molecule has 0 fully saturated rings. The average molecular weight is 222 g/mol. The smallest absolute Gasteiger partial charge is 0.166 e. The average Bonchev–Trinajstić information content (AvgIpc) is 1.77. The first-order valence-electron chi connectivity index (χ1n) is 1.95. The summed E-state index contributed by atoms with van der Waals surface area (Å²) in [5.41, 5.74) is 0. The lowest BCUT2D eigenvalue weighted by Gasteiger charge is -1.88. The molecule has 0 aliphatic rings. The molecule has 0 aliphatic carbocycles. The van der Waals surface area contributed by atoms with Gasteiger partial charge in [-0.3, -0.25) is 0 Å². The van der Waals surface area contributed by atoms with E-state index in [-0.39, 0.29) is 5.75 Å². The van der Waals surface area contributed by atoms with E-state index in [9.17, 15) is 0 Å². The van der Waals surface area contributed by atoms with Crippen LogP contribution in [0.15, 0.2) is 12.5 Å². The molecule has 42 valence electrons. The highest BCUT2D eigenvalue weighted by Gasteiger charge is 1.92. The molecule has 0 spiro atoms. The van der Waals surface area contributed by atoms with Crippen LogP contribution in [0.1, 0.15) is 0 Å². The van der Waals surface area contributed by atoms with E-state index in [0.717, 1.165) is 0 Å². The van der Waals surface area contributed by atoms with Crippen LogP contribution in [0.25, 0.3) is 0 Å². The molecule has 1 heterocycles. The lowest BCUT2D eigenvalue weighted by atomic mass is 10.6. The Kier molecular flexibility index (Phi) is 1.62. The van der Waals surface area contributed by atoms with Crippen molar-refractivity contribution in [1.82, 2.24) is 9.97 Å². The van der Waals surface area contributed by atoms with Crippen LogP contribution in [0.3, 0.4) is 0 Å². The number of hydrogen-bond acceptors (Lipinski definition) is 3. The Balaban J connectivity index is 3.13. The van der Waals surface area contributed by atoms with Gasteiger partial charge in [-0.1, -0.05) is 0 Å². The Labute approximate surface area is 59.9 Å². The summed E-state index contributed by atoms with van der Waals surface area (Å²) in [5, 5.41) is 8.79. The summed E-state index contributed by atoms with van der Waals surface area (Å²) >= 11 is 1.92. The van der Waals surface area contributed by atoms with Crippen molar-refractivity contribution in [3.8, 4) is 5.75 Å². The van der Waals surface area contributed by atoms with E-state index >= 15 is 0 Å². The second-order valence-electron chi connectivity index (χ2n) is 1.20. The normalized spacial score (nSPS) is 9.12. The van der Waals surface area contributed by atoms with Crippen molar-refractivity contribution in [2.45, 2.75) is 0 Å². The second kappa shape index (κ2) is 2.25. The summed E-state index contributed by atoms with van der Waals surface area (Å²) in [6.07, 6.45) is 2.75. The minimum atomic E-state index is 0.133. The molecule has 0 saturated heterocycles. The maximum absolute atomic E-state index is 8.79. The summed E-state index contributed by atoms with van der Waals surface area (Å²) in [4.78, 5) is 7.28. The van der Waals surface area contributed by atoms with Crippen molar-refractivity contribution in [1.29, 1.82) is 0 Å². The van der Waals surface area contributed by atoms with Crippen molar-refractivity contribution >= 4 is 22.6 Å². The third-order valence-electron chi connectivity index (χ3n) is 0.646. The fraction of sp³-hybridized carbons (Fsp3) is 0. The van der Waals surface area contributed by atoms with E-state index in [2.05, 4.69) is 9.97 Å². The standard InChI is InChI=1S/C4H3IN2O/c5-4-3(8)1-6-2-7-4/h1-2,8H. The fourth-order valence-electron chi connectivity index (χ4n) is 0.307. The number of aromatic hydroxyl groups is 1. The molecule has 0 amide bonds. The highest BCUT2D eigenvalue weighted by molar-refractivity contribution is 14.1. The topological polar surface area (TPSA) is 46.0 Å². The predicted octanol–water partition coefficient (Wildman–Crippen LogP) is 0.787. The molecule has 0 radical (unpaired) electrons. The van der Waals surface area contributed by atoms with Crippen molar-refractivity contribution in [2.24, 2.45) is 0 Å². The molecule has 0 bridgehead atoms. The van der Waals surface area contributed by atoms with Gasteiger partial charge in [-0.05, 0) is 22.6 Å². The first-order chi connectivity index (χ1) is 3.80. The van der Waals surface area contributed by atoms with Gasteiger partial charge in [0.25, 0.3) is 0 Å². The van der Waals surface area contributed by atoms with E-state index < -0.39 is 0 Å². The van der Waals surface area contributed by atoms with E-state index in [1.54, 1.807) is 0 Å². The largest absolute Gasteiger partial charge is 0.504 e. The predicted molar refractivity (Wildman–Crippen MR) is 36.4 cm³/mol. The summed E-state index contributed by atoms with van der Waals surface area (Å²) in [6, 6.07) is 0. The van der Waals surface area contributed by atoms with Gasteiger partial charge < -0.3 is 5.11 Å². The molecule has 1 N–H and O–H groups in total. The molecule has 0 unspecified atom stereocenters. The van der Waals surface area contributed by atoms with Gasteiger partial charge in [-0.15, -0.1) is 0 Å². The zero-order chi connectivity index (χ0) is 5.98. The molecule has 0 atom stereocenters. The van der Waals surface area contributed by atoms with Gasteiger partial charge in [0.05, 0.1) is 6.20 Å². The van der Waals surface area contributed by atoms with Crippen LogP contribution in [-0.4, -0.2) is 15.1 Å². The second-order valence-corrected chi connectivity index (χ2v) is 2.22. The van der Waals surface area contributed by atoms with E-state index in [1.165, 1.54) is 12.5 Å². The van der Waals surface area contributed by atoms with Crippen molar-refractivity contribution in [3.05, 3.63) is 16.2 Å². The molecule has 1 aromatic heterocycles. The van der Waals surface area contributed by atoms with E-state index in [4.69, 9.17) is 5.11 Å². The van der Waals surface area contributed by atoms with Gasteiger partial charge in [0.2, 0.25) is 0 Å². The molecule has 1 rings (SSSR count). The molecule has 0 saturated carbocycles. The Morgan fingerprint density at radius 2 is 2.38 bits per heavy atom. The molecule has 8 heavy (non-hydrogen) atoms. The number of nitrogens with zero attached hydrogens (tertiary/aromatic N) is 2. The first-order valence-corrected chi connectivity index (χ1v) is 3.03. The van der Waals surface area contributed by atoms with Gasteiger partial charge in [-0.2, -0.15) is 0 Å². The van der Waals surface area contributed by atoms with Crippen LogP contribution in [0.4, 0.5) is 0 Å². The molecule has 3 nitrogen and oxygen atoms in total. The third kappa shape index (κ3) is 1.06. The van der Waals surface area contributed by atoms with Gasteiger partial charge in [0, 0.05) is 0 Å². The Hall–Kier alpha value is -0.390. The van der Waals surface area contributed by atoms with Crippen molar-refractivity contribution in [2.75, 3.05) is 0 Å². The number of halogens is 1. The van der Waals surface area contributed by atoms with Crippen LogP contribution in [0.2, 0.25) is 0 Å². The SMILES string of the molecule is Oc1cncnc1I. The Bertz CT molecular complexity index is 170. The molecular weight excluding hydrogens is 219 g/mol. The lowest BCUT2D eigenvalue weighted by Crippen LogP contribution is -1.80. The molecule has 4 heteroatoms. The van der Waals surface area contributed by atoms with Crippen LogP contribution in [0.5, 0.6) is 5.75 Å². The van der Waals surface area contributed by atoms with Crippen LogP contribution < -0.4 is 0 Å². The molecule has 0 aromatic carbocycles. The molecule has 1 aromatic rings. The Morgan fingerprint density at radius 1 is 1.62 bits per heavy atom. The fourth-order valence-corrected chi connectivity index (χ4v) is 0.571. The summed E-state index contributed by atoms with van der Waals surface area (Å²) in [6.45, 7) is 0. The monoisotopic (exact) mass is 222 g/mol. The highest BCUT2D eigenvalue weighted by atomic mass is 127.